The molecule has 0 N–H and O–H groups in total. The molecule has 0 unspecified atom stereocenters. The van der Waals surface area contributed by atoms with Gasteiger partial charge >= 0.3 is 5.97 Å². The number of carbonyl (C=O) groups is 2. The summed E-state index contributed by atoms with van der Waals surface area (Å²) in [7, 11) is 0. The highest BCUT2D eigenvalue weighted by atomic mass is 32.1. The number of aryl methyl sites for hydroxylation is 2. The molecule has 138 valence electrons. The van der Waals surface area contributed by atoms with Crippen molar-refractivity contribution in [3.63, 3.8) is 0 Å². The summed E-state index contributed by atoms with van der Waals surface area (Å²) >= 11 is 1.25. The van der Waals surface area contributed by atoms with E-state index in [-0.39, 0.29) is 17.3 Å². The van der Waals surface area contributed by atoms with Gasteiger partial charge in [-0.15, -0.1) is 11.3 Å². The Kier molecular flexibility index (Phi) is 5.46. The van der Waals surface area contributed by atoms with Crippen LogP contribution in [0.3, 0.4) is 0 Å². The van der Waals surface area contributed by atoms with Crippen LogP contribution >= 0.6 is 11.3 Å². The van der Waals surface area contributed by atoms with Gasteiger partial charge in [0.2, 0.25) is 5.78 Å². The number of hydrogen-bond acceptors (Lipinski definition) is 5. The molecule has 2 aromatic carbocycles. The Morgan fingerprint density at radius 1 is 1.07 bits per heavy atom. The van der Waals surface area contributed by atoms with Crippen molar-refractivity contribution in [3.8, 4) is 10.6 Å². The summed E-state index contributed by atoms with van der Waals surface area (Å²) in [6.45, 7) is 5.44. The lowest BCUT2D eigenvalue weighted by molar-refractivity contribution is 0.0314. The number of thiazole rings is 1. The van der Waals surface area contributed by atoms with Crippen LogP contribution in [0.4, 0.5) is 4.39 Å². The summed E-state index contributed by atoms with van der Waals surface area (Å²) < 4.78 is 18.3. The van der Waals surface area contributed by atoms with E-state index in [1.54, 1.807) is 36.6 Å². The molecule has 6 heteroatoms. The zero-order chi connectivity index (χ0) is 19.6. The van der Waals surface area contributed by atoms with E-state index in [0.29, 0.717) is 16.1 Å². The zero-order valence-electron chi connectivity index (χ0n) is 15.2. The van der Waals surface area contributed by atoms with E-state index in [2.05, 4.69) is 4.98 Å². The summed E-state index contributed by atoms with van der Waals surface area (Å²) in [6.07, 6.45) is -0.921. The van der Waals surface area contributed by atoms with Gasteiger partial charge in [0.25, 0.3) is 0 Å². The standard InChI is InChI=1S/C21H18FNO3S/c1-12-4-5-16(10-13(12)2)19(24)14(3)26-21(25)18-11-27-20(23-18)15-6-8-17(22)9-7-15/h4-11,14H,1-3H3/t14-/m0/s1. The smallest absolute Gasteiger partial charge is 0.358 e. The Balaban J connectivity index is 1.70. The quantitative estimate of drug-likeness (QED) is 0.460. The first-order chi connectivity index (χ1) is 12.8. The monoisotopic (exact) mass is 383 g/mol. The maximum absolute atomic E-state index is 13.0. The molecular weight excluding hydrogens is 365 g/mol. The molecule has 1 atom stereocenters. The van der Waals surface area contributed by atoms with Gasteiger partial charge in [-0.1, -0.05) is 12.1 Å². The number of Topliss-reactive ketones (excluding diaryl/α,β-unsaturated/α-hetero) is 1. The van der Waals surface area contributed by atoms with Gasteiger partial charge in [-0.2, -0.15) is 0 Å². The van der Waals surface area contributed by atoms with Crippen molar-refractivity contribution < 1.29 is 18.7 Å². The Bertz CT molecular complexity index is 995. The Morgan fingerprint density at radius 2 is 1.78 bits per heavy atom. The lowest BCUT2D eigenvalue weighted by Gasteiger charge is -2.12. The van der Waals surface area contributed by atoms with Crippen LogP contribution < -0.4 is 0 Å². The van der Waals surface area contributed by atoms with Crippen molar-refractivity contribution >= 4 is 23.1 Å². The van der Waals surface area contributed by atoms with Crippen molar-refractivity contribution in [2.45, 2.75) is 26.9 Å². The van der Waals surface area contributed by atoms with Gasteiger partial charge in [0.15, 0.2) is 11.8 Å². The highest BCUT2D eigenvalue weighted by molar-refractivity contribution is 7.13. The number of rotatable bonds is 5. The predicted molar refractivity (Wildman–Crippen MR) is 103 cm³/mol. The van der Waals surface area contributed by atoms with Gasteiger partial charge < -0.3 is 4.74 Å². The second-order valence-corrected chi connectivity index (χ2v) is 7.11. The minimum absolute atomic E-state index is 0.124. The Labute approximate surface area is 160 Å². The highest BCUT2D eigenvalue weighted by Gasteiger charge is 2.22. The molecule has 0 bridgehead atoms. The van der Waals surface area contributed by atoms with Crippen LogP contribution in [-0.4, -0.2) is 22.8 Å². The average molecular weight is 383 g/mol. The number of aromatic nitrogens is 1. The molecular formula is C21H18FNO3S. The lowest BCUT2D eigenvalue weighted by Crippen LogP contribution is -2.24. The van der Waals surface area contributed by atoms with Crippen molar-refractivity contribution in [3.05, 3.63) is 76.0 Å². The lowest BCUT2D eigenvalue weighted by atomic mass is 10.0. The third kappa shape index (κ3) is 4.28. The number of nitrogens with zero attached hydrogens (tertiary/aromatic N) is 1. The molecule has 0 radical (unpaired) electrons. The molecule has 27 heavy (non-hydrogen) atoms. The summed E-state index contributed by atoms with van der Waals surface area (Å²) in [6, 6.07) is 11.2. The molecule has 0 aliphatic rings. The van der Waals surface area contributed by atoms with Crippen LogP contribution in [0.5, 0.6) is 0 Å². The van der Waals surface area contributed by atoms with Crippen LogP contribution in [0.2, 0.25) is 0 Å². The van der Waals surface area contributed by atoms with E-state index in [0.717, 1.165) is 11.1 Å². The number of esters is 1. The molecule has 4 nitrogen and oxygen atoms in total. The zero-order valence-corrected chi connectivity index (χ0v) is 16.0. The van der Waals surface area contributed by atoms with Gasteiger partial charge in [-0.25, -0.2) is 14.2 Å². The van der Waals surface area contributed by atoms with Crippen LogP contribution in [0.25, 0.3) is 10.6 Å². The maximum atomic E-state index is 13.0. The topological polar surface area (TPSA) is 56.3 Å². The third-order valence-electron chi connectivity index (χ3n) is 4.25. The summed E-state index contributed by atoms with van der Waals surface area (Å²) in [5.74, 6) is -1.27. The van der Waals surface area contributed by atoms with Gasteiger partial charge in [0, 0.05) is 16.5 Å². The molecule has 0 fully saturated rings. The molecule has 1 heterocycles. The molecule has 3 aromatic rings. The summed E-state index contributed by atoms with van der Waals surface area (Å²) in [4.78, 5) is 29.1. The van der Waals surface area contributed by atoms with E-state index in [9.17, 15) is 14.0 Å². The van der Waals surface area contributed by atoms with Gasteiger partial charge in [-0.05, 0) is 62.2 Å². The molecule has 0 saturated carbocycles. The van der Waals surface area contributed by atoms with Crippen LogP contribution in [0.1, 0.15) is 38.9 Å². The molecule has 0 aliphatic carbocycles. The largest absolute Gasteiger partial charge is 0.450 e. The Hall–Kier alpha value is -2.86. The van der Waals surface area contributed by atoms with E-state index in [1.165, 1.54) is 23.5 Å². The molecule has 0 spiro atoms. The van der Waals surface area contributed by atoms with Gasteiger partial charge in [-0.3, -0.25) is 4.79 Å². The first kappa shape index (κ1) is 18.9. The minimum Gasteiger partial charge on any atom is -0.450 e. The van der Waals surface area contributed by atoms with Crippen molar-refractivity contribution in [2.75, 3.05) is 0 Å². The second-order valence-electron chi connectivity index (χ2n) is 6.26. The SMILES string of the molecule is Cc1ccc(C(=O)[C@H](C)OC(=O)c2csc(-c3ccc(F)cc3)n2)cc1C. The van der Waals surface area contributed by atoms with E-state index >= 15 is 0 Å². The highest BCUT2D eigenvalue weighted by Crippen LogP contribution is 2.24. The fraction of sp³-hybridized carbons (Fsp3) is 0.190. The molecule has 0 amide bonds. The van der Waals surface area contributed by atoms with E-state index in [4.69, 9.17) is 4.74 Å². The summed E-state index contributed by atoms with van der Waals surface area (Å²) in [5, 5.41) is 2.14. The van der Waals surface area contributed by atoms with Crippen molar-refractivity contribution in [1.82, 2.24) is 4.98 Å². The van der Waals surface area contributed by atoms with E-state index in [1.807, 2.05) is 19.9 Å². The maximum Gasteiger partial charge on any atom is 0.358 e. The second kappa shape index (κ2) is 7.80. The first-order valence-corrected chi connectivity index (χ1v) is 9.27. The number of ketones is 1. The molecule has 0 aliphatic heterocycles. The van der Waals surface area contributed by atoms with Crippen LogP contribution in [0, 0.1) is 19.7 Å². The average Bonchev–Trinajstić information content (AvgIpc) is 3.14. The normalized spacial score (nSPS) is 11.9. The fourth-order valence-corrected chi connectivity index (χ4v) is 3.29. The fourth-order valence-electron chi connectivity index (χ4n) is 2.50. The Morgan fingerprint density at radius 3 is 2.44 bits per heavy atom. The minimum atomic E-state index is -0.921. The third-order valence-corrected chi connectivity index (χ3v) is 5.14. The molecule has 0 saturated heterocycles. The number of ether oxygens (including phenoxy) is 1. The summed E-state index contributed by atoms with van der Waals surface area (Å²) in [5.41, 5.74) is 3.43. The first-order valence-electron chi connectivity index (χ1n) is 8.39. The van der Waals surface area contributed by atoms with Crippen molar-refractivity contribution in [1.29, 1.82) is 0 Å². The number of halogens is 1. The van der Waals surface area contributed by atoms with Crippen molar-refractivity contribution in [2.24, 2.45) is 0 Å². The van der Waals surface area contributed by atoms with E-state index < -0.39 is 12.1 Å². The van der Waals surface area contributed by atoms with Gasteiger partial charge in [0.05, 0.1) is 0 Å². The van der Waals surface area contributed by atoms with Crippen LogP contribution in [-0.2, 0) is 4.74 Å². The van der Waals surface area contributed by atoms with Crippen LogP contribution in [0.15, 0.2) is 47.8 Å². The molecule has 3 rings (SSSR count). The number of hydrogen-bond donors (Lipinski definition) is 0. The number of benzene rings is 2. The molecule has 1 aromatic heterocycles. The number of carbonyl (C=O) groups excluding carboxylic acids is 2. The van der Waals surface area contributed by atoms with Gasteiger partial charge in [0.1, 0.15) is 10.8 Å². The predicted octanol–water partition coefficient (Wildman–Crippen LogP) is 4.99.